The zero-order valence-electron chi connectivity index (χ0n) is 14.2. The summed E-state index contributed by atoms with van der Waals surface area (Å²) in [5.41, 5.74) is -0.767. The third kappa shape index (κ3) is 4.85. The van der Waals surface area contributed by atoms with Crippen molar-refractivity contribution in [2.24, 2.45) is 11.8 Å². The molecule has 2 saturated carbocycles. The molecule has 2 rings (SSSR count). The second-order valence-corrected chi connectivity index (χ2v) is 7.35. The fourth-order valence-electron chi connectivity index (χ4n) is 4.25. The molecule has 2 aliphatic carbocycles. The van der Waals surface area contributed by atoms with Gasteiger partial charge in [-0.15, -0.1) is 5.92 Å². The van der Waals surface area contributed by atoms with Crippen molar-refractivity contribution in [1.82, 2.24) is 0 Å². The van der Waals surface area contributed by atoms with Gasteiger partial charge in [-0.2, -0.15) is 0 Å². The highest BCUT2D eigenvalue weighted by Gasteiger charge is 2.42. The SMILES string of the molecule is CC(=O)CCCC#CC(O)(C1CCCCC1)C1CCCCC1. The second-order valence-electron chi connectivity index (χ2n) is 7.35. The lowest BCUT2D eigenvalue weighted by molar-refractivity contribution is -0.117. The van der Waals surface area contributed by atoms with Gasteiger partial charge in [0, 0.05) is 12.8 Å². The first-order valence-corrected chi connectivity index (χ1v) is 9.35. The maximum atomic E-state index is 11.4. The maximum absolute atomic E-state index is 11.4. The minimum atomic E-state index is -0.767. The van der Waals surface area contributed by atoms with Crippen LogP contribution in [0, 0.1) is 23.7 Å². The predicted octanol–water partition coefficient (Wildman–Crippen LogP) is 4.64. The van der Waals surface area contributed by atoms with Gasteiger partial charge in [-0.1, -0.05) is 44.4 Å². The molecule has 0 saturated heterocycles. The standard InChI is InChI=1S/C20H32O2/c1-17(21)11-5-4-10-16-20(22,18-12-6-2-7-13-18)19-14-8-3-9-15-19/h18-19,22H,2-9,11-15H2,1H3. The van der Waals surface area contributed by atoms with Crippen molar-refractivity contribution in [3.8, 4) is 11.8 Å². The summed E-state index contributed by atoms with van der Waals surface area (Å²) in [5, 5.41) is 11.4. The van der Waals surface area contributed by atoms with Crippen LogP contribution in [-0.4, -0.2) is 16.5 Å². The number of aliphatic hydroxyl groups is 1. The molecule has 2 aliphatic rings. The number of hydrogen-bond acceptors (Lipinski definition) is 2. The van der Waals surface area contributed by atoms with Crippen LogP contribution in [0.2, 0.25) is 0 Å². The smallest absolute Gasteiger partial charge is 0.131 e. The van der Waals surface area contributed by atoms with E-state index in [0.29, 0.717) is 18.3 Å². The highest BCUT2D eigenvalue weighted by molar-refractivity contribution is 5.75. The summed E-state index contributed by atoms with van der Waals surface area (Å²) in [7, 11) is 0. The molecule has 0 radical (unpaired) electrons. The summed E-state index contributed by atoms with van der Waals surface area (Å²) in [6.45, 7) is 1.63. The zero-order valence-corrected chi connectivity index (χ0v) is 14.2. The summed E-state index contributed by atoms with van der Waals surface area (Å²) in [4.78, 5) is 11.0. The lowest BCUT2D eigenvalue weighted by Gasteiger charge is -2.42. The van der Waals surface area contributed by atoms with Crippen LogP contribution in [0.1, 0.15) is 90.4 Å². The Morgan fingerprint density at radius 2 is 1.50 bits per heavy atom. The molecule has 0 aliphatic heterocycles. The Hall–Kier alpha value is -0.810. The van der Waals surface area contributed by atoms with Gasteiger partial charge in [-0.25, -0.2) is 0 Å². The molecule has 1 N–H and O–H groups in total. The Labute approximate surface area is 136 Å². The molecule has 2 nitrogen and oxygen atoms in total. The van der Waals surface area contributed by atoms with E-state index in [1.54, 1.807) is 6.92 Å². The van der Waals surface area contributed by atoms with E-state index in [4.69, 9.17) is 0 Å². The van der Waals surface area contributed by atoms with Crippen molar-refractivity contribution in [3.05, 3.63) is 0 Å². The zero-order chi connectivity index (χ0) is 15.8. The molecule has 0 atom stereocenters. The van der Waals surface area contributed by atoms with E-state index in [9.17, 15) is 9.90 Å². The Bertz CT molecular complexity index is 385. The van der Waals surface area contributed by atoms with Crippen molar-refractivity contribution in [1.29, 1.82) is 0 Å². The minimum absolute atomic E-state index is 0.233. The van der Waals surface area contributed by atoms with Crippen molar-refractivity contribution < 1.29 is 9.90 Å². The van der Waals surface area contributed by atoms with E-state index in [0.717, 1.165) is 38.5 Å². The average Bonchev–Trinajstić information content (AvgIpc) is 2.55. The Morgan fingerprint density at radius 3 is 1.95 bits per heavy atom. The quantitative estimate of drug-likeness (QED) is 0.593. The molecule has 0 bridgehead atoms. The van der Waals surface area contributed by atoms with Crippen molar-refractivity contribution in [2.45, 2.75) is 96.0 Å². The van der Waals surface area contributed by atoms with Gasteiger partial charge in [0.2, 0.25) is 0 Å². The average molecular weight is 304 g/mol. The molecule has 0 unspecified atom stereocenters. The summed E-state index contributed by atoms with van der Waals surface area (Å²) in [5.74, 6) is 7.49. The molecule has 0 aromatic rings. The molecule has 0 spiro atoms. The van der Waals surface area contributed by atoms with E-state index in [2.05, 4.69) is 11.8 Å². The van der Waals surface area contributed by atoms with Crippen molar-refractivity contribution in [2.75, 3.05) is 0 Å². The van der Waals surface area contributed by atoms with E-state index >= 15 is 0 Å². The first-order chi connectivity index (χ1) is 10.6. The molecule has 0 heterocycles. The molecular weight excluding hydrogens is 272 g/mol. The van der Waals surface area contributed by atoms with E-state index in [1.165, 1.54) is 38.5 Å². The van der Waals surface area contributed by atoms with Crippen molar-refractivity contribution >= 4 is 5.78 Å². The van der Waals surface area contributed by atoms with Gasteiger partial charge >= 0.3 is 0 Å². The van der Waals surface area contributed by atoms with Gasteiger partial charge in [0.05, 0.1) is 0 Å². The van der Waals surface area contributed by atoms with E-state index in [-0.39, 0.29) is 5.78 Å². The van der Waals surface area contributed by atoms with Crippen LogP contribution in [0.4, 0.5) is 0 Å². The van der Waals surface area contributed by atoms with Gasteiger partial charge in [0.25, 0.3) is 0 Å². The summed E-state index contributed by atoms with van der Waals surface area (Å²) in [6.07, 6.45) is 14.3. The van der Waals surface area contributed by atoms with E-state index < -0.39 is 5.60 Å². The molecular formula is C20H32O2. The van der Waals surface area contributed by atoms with Gasteiger partial charge in [0.15, 0.2) is 0 Å². The first kappa shape index (κ1) is 17.5. The number of unbranched alkanes of at least 4 members (excludes halogenated alkanes) is 1. The van der Waals surface area contributed by atoms with Gasteiger partial charge in [-0.3, -0.25) is 0 Å². The van der Waals surface area contributed by atoms with Crippen LogP contribution in [0.15, 0.2) is 0 Å². The monoisotopic (exact) mass is 304 g/mol. The van der Waals surface area contributed by atoms with Crippen LogP contribution in [-0.2, 0) is 4.79 Å². The van der Waals surface area contributed by atoms with Gasteiger partial charge in [0.1, 0.15) is 11.4 Å². The fourth-order valence-corrected chi connectivity index (χ4v) is 4.25. The fraction of sp³-hybridized carbons (Fsp3) is 0.850. The Kier molecular flexibility index (Phi) is 6.96. The number of hydrogen-bond donors (Lipinski definition) is 1. The number of carbonyl (C=O) groups excluding carboxylic acids is 1. The summed E-state index contributed by atoms with van der Waals surface area (Å²) in [6, 6.07) is 0. The topological polar surface area (TPSA) is 37.3 Å². The van der Waals surface area contributed by atoms with E-state index in [1.807, 2.05) is 0 Å². The third-order valence-corrected chi connectivity index (χ3v) is 5.57. The van der Waals surface area contributed by atoms with Crippen LogP contribution in [0.25, 0.3) is 0 Å². The van der Waals surface area contributed by atoms with Crippen LogP contribution >= 0.6 is 0 Å². The highest BCUT2D eigenvalue weighted by atomic mass is 16.3. The van der Waals surface area contributed by atoms with Gasteiger partial charge < -0.3 is 9.90 Å². The predicted molar refractivity (Wildman–Crippen MR) is 90.4 cm³/mol. The van der Waals surface area contributed by atoms with Gasteiger partial charge in [-0.05, 0) is 50.9 Å². The summed E-state index contributed by atoms with van der Waals surface area (Å²) >= 11 is 0. The van der Waals surface area contributed by atoms with Crippen LogP contribution in [0.3, 0.4) is 0 Å². The summed E-state index contributed by atoms with van der Waals surface area (Å²) < 4.78 is 0. The largest absolute Gasteiger partial charge is 0.377 e. The van der Waals surface area contributed by atoms with Crippen LogP contribution in [0.5, 0.6) is 0 Å². The lowest BCUT2D eigenvalue weighted by Crippen LogP contribution is -2.45. The Balaban J connectivity index is 2.03. The Morgan fingerprint density at radius 1 is 1.00 bits per heavy atom. The molecule has 2 heteroatoms. The molecule has 0 aromatic heterocycles. The lowest BCUT2D eigenvalue weighted by atomic mass is 9.66. The second kappa shape index (κ2) is 8.73. The van der Waals surface area contributed by atoms with Crippen LogP contribution < -0.4 is 0 Å². The normalized spacial score (nSPS) is 21.2. The highest BCUT2D eigenvalue weighted by Crippen LogP contribution is 2.42. The maximum Gasteiger partial charge on any atom is 0.131 e. The molecule has 0 aromatic carbocycles. The molecule has 22 heavy (non-hydrogen) atoms. The third-order valence-electron chi connectivity index (χ3n) is 5.57. The molecule has 124 valence electrons. The number of Topliss-reactive ketones (excluding diaryl/α,β-unsaturated/α-hetero) is 1. The first-order valence-electron chi connectivity index (χ1n) is 9.35. The van der Waals surface area contributed by atoms with Crippen molar-refractivity contribution in [3.63, 3.8) is 0 Å². The minimum Gasteiger partial charge on any atom is -0.377 e. The number of carbonyl (C=O) groups is 1. The molecule has 0 amide bonds. The molecule has 2 fully saturated rings. The number of ketones is 1. The number of rotatable bonds is 5.